The highest BCUT2D eigenvalue weighted by Gasteiger charge is 2.24. The zero-order chi connectivity index (χ0) is 12.0. The maximum atomic E-state index is 11.4. The average molecular weight is 227 g/mol. The second-order valence-corrected chi connectivity index (χ2v) is 4.32. The first-order valence-corrected chi connectivity index (χ1v) is 6.05. The van der Waals surface area contributed by atoms with Gasteiger partial charge in [0.1, 0.15) is 5.78 Å². The molecule has 4 nitrogen and oxygen atoms in total. The van der Waals surface area contributed by atoms with Crippen molar-refractivity contribution >= 4 is 11.8 Å². The molecule has 0 aromatic heterocycles. The fourth-order valence-electron chi connectivity index (χ4n) is 2.08. The summed E-state index contributed by atoms with van der Waals surface area (Å²) < 4.78 is 4.86. The molecule has 0 amide bonds. The monoisotopic (exact) mass is 227 g/mol. The van der Waals surface area contributed by atoms with E-state index >= 15 is 0 Å². The number of Topliss-reactive ketones (excluding diaryl/α,β-unsaturated/α-hetero) is 1. The Labute approximate surface area is 96.7 Å². The highest BCUT2D eigenvalue weighted by molar-refractivity contribution is 5.86. The summed E-state index contributed by atoms with van der Waals surface area (Å²) in [6.45, 7) is 3.66. The van der Waals surface area contributed by atoms with Crippen molar-refractivity contribution in [1.29, 1.82) is 0 Å². The molecule has 4 heteroatoms. The third-order valence-electron chi connectivity index (χ3n) is 2.96. The van der Waals surface area contributed by atoms with Crippen LogP contribution < -0.4 is 5.32 Å². The van der Waals surface area contributed by atoms with E-state index in [-0.39, 0.29) is 24.2 Å². The molecular formula is C12H21NO3. The third kappa shape index (κ3) is 4.31. The van der Waals surface area contributed by atoms with Crippen LogP contribution in [0.1, 0.15) is 46.0 Å². The Morgan fingerprint density at radius 1 is 1.38 bits per heavy atom. The van der Waals surface area contributed by atoms with E-state index in [2.05, 4.69) is 5.32 Å². The Morgan fingerprint density at radius 2 is 2.00 bits per heavy atom. The number of rotatable bonds is 6. The van der Waals surface area contributed by atoms with Gasteiger partial charge in [-0.15, -0.1) is 0 Å². The molecule has 0 bridgehead atoms. The summed E-state index contributed by atoms with van der Waals surface area (Å²) in [4.78, 5) is 22.7. The first-order chi connectivity index (χ1) is 7.63. The van der Waals surface area contributed by atoms with Crippen molar-refractivity contribution in [3.8, 4) is 0 Å². The van der Waals surface area contributed by atoms with Crippen LogP contribution in [-0.4, -0.2) is 30.4 Å². The molecule has 1 N–H and O–H groups in total. The highest BCUT2D eigenvalue weighted by atomic mass is 16.5. The van der Waals surface area contributed by atoms with Crippen LogP contribution in [0.2, 0.25) is 0 Å². The first kappa shape index (κ1) is 13.2. The molecular weight excluding hydrogens is 206 g/mol. The molecule has 0 saturated heterocycles. The molecule has 16 heavy (non-hydrogen) atoms. The van der Waals surface area contributed by atoms with Crippen LogP contribution in [-0.2, 0) is 14.3 Å². The average Bonchev–Trinajstić information content (AvgIpc) is 2.69. The van der Waals surface area contributed by atoms with E-state index in [0.29, 0.717) is 12.6 Å². The maximum absolute atomic E-state index is 11.4. The minimum Gasteiger partial charge on any atom is -0.466 e. The van der Waals surface area contributed by atoms with Crippen molar-refractivity contribution in [1.82, 2.24) is 5.32 Å². The minimum absolute atomic E-state index is 0.0138. The molecule has 0 heterocycles. The molecule has 1 unspecified atom stereocenters. The molecule has 1 fully saturated rings. The topological polar surface area (TPSA) is 55.4 Å². The molecule has 92 valence electrons. The van der Waals surface area contributed by atoms with Crippen LogP contribution in [0.5, 0.6) is 0 Å². The van der Waals surface area contributed by atoms with Gasteiger partial charge < -0.3 is 10.1 Å². The fourth-order valence-corrected chi connectivity index (χ4v) is 2.08. The van der Waals surface area contributed by atoms with Gasteiger partial charge >= 0.3 is 5.97 Å². The van der Waals surface area contributed by atoms with Crippen molar-refractivity contribution in [3.05, 3.63) is 0 Å². The zero-order valence-corrected chi connectivity index (χ0v) is 10.1. The maximum Gasteiger partial charge on any atom is 0.307 e. The molecule has 0 radical (unpaired) electrons. The summed E-state index contributed by atoms with van der Waals surface area (Å²) in [7, 11) is 0. The smallest absolute Gasteiger partial charge is 0.307 e. The Bertz CT molecular complexity index is 247. The molecule has 0 aromatic rings. The molecule has 0 aromatic carbocycles. The normalized spacial score (nSPS) is 18.4. The van der Waals surface area contributed by atoms with E-state index in [1.807, 2.05) is 0 Å². The van der Waals surface area contributed by atoms with Crippen LogP contribution in [0, 0.1) is 0 Å². The van der Waals surface area contributed by atoms with E-state index in [1.54, 1.807) is 6.92 Å². The van der Waals surface area contributed by atoms with Crippen molar-refractivity contribution in [2.75, 3.05) is 6.61 Å². The van der Waals surface area contributed by atoms with Gasteiger partial charge in [0.05, 0.1) is 19.1 Å². The Hall–Kier alpha value is -0.900. The van der Waals surface area contributed by atoms with Gasteiger partial charge in [-0.25, -0.2) is 0 Å². The van der Waals surface area contributed by atoms with Crippen molar-refractivity contribution in [3.63, 3.8) is 0 Å². The largest absolute Gasteiger partial charge is 0.466 e. The zero-order valence-electron chi connectivity index (χ0n) is 10.1. The first-order valence-electron chi connectivity index (χ1n) is 6.05. The number of ketones is 1. The molecule has 1 aliphatic carbocycles. The number of hydrogen-bond donors (Lipinski definition) is 1. The molecule has 0 spiro atoms. The summed E-state index contributed by atoms with van der Waals surface area (Å²) >= 11 is 0. The Morgan fingerprint density at radius 3 is 2.50 bits per heavy atom. The van der Waals surface area contributed by atoms with E-state index in [1.165, 1.54) is 19.8 Å². The van der Waals surface area contributed by atoms with Crippen molar-refractivity contribution in [2.45, 2.75) is 58.0 Å². The standard InChI is InChI=1S/C12H21NO3/c1-3-16-12(15)8-11(9(2)14)13-10-6-4-5-7-10/h10-11,13H,3-8H2,1-2H3. The second kappa shape index (κ2) is 6.63. The lowest BCUT2D eigenvalue weighted by atomic mass is 10.1. The van der Waals surface area contributed by atoms with Gasteiger partial charge in [0, 0.05) is 6.04 Å². The second-order valence-electron chi connectivity index (χ2n) is 4.32. The molecule has 1 aliphatic rings. The highest BCUT2D eigenvalue weighted by Crippen LogP contribution is 2.18. The predicted molar refractivity (Wildman–Crippen MR) is 61.1 cm³/mol. The summed E-state index contributed by atoms with van der Waals surface area (Å²) in [6, 6.07) is 0.0190. The van der Waals surface area contributed by atoms with Crippen molar-refractivity contribution < 1.29 is 14.3 Å². The number of carbonyl (C=O) groups excluding carboxylic acids is 2. The molecule has 1 atom stereocenters. The molecule has 0 aliphatic heterocycles. The van der Waals surface area contributed by atoms with Crippen LogP contribution in [0.3, 0.4) is 0 Å². The molecule has 1 saturated carbocycles. The quantitative estimate of drug-likeness (QED) is 0.697. The third-order valence-corrected chi connectivity index (χ3v) is 2.96. The van der Waals surface area contributed by atoms with E-state index in [0.717, 1.165) is 12.8 Å². The predicted octanol–water partition coefficient (Wildman–Crippen LogP) is 1.43. The van der Waals surface area contributed by atoms with Gasteiger partial charge in [0.15, 0.2) is 0 Å². The number of ether oxygens (including phenoxy) is 1. The number of esters is 1. The molecule has 1 rings (SSSR count). The SMILES string of the molecule is CCOC(=O)CC(NC1CCCC1)C(C)=O. The number of hydrogen-bond acceptors (Lipinski definition) is 4. The van der Waals surface area contributed by atoms with Gasteiger partial charge in [-0.1, -0.05) is 12.8 Å². The lowest BCUT2D eigenvalue weighted by Crippen LogP contribution is -2.42. The summed E-state index contributed by atoms with van der Waals surface area (Å²) in [5.41, 5.74) is 0. The van der Waals surface area contributed by atoms with E-state index in [4.69, 9.17) is 4.74 Å². The fraction of sp³-hybridized carbons (Fsp3) is 0.833. The van der Waals surface area contributed by atoms with Gasteiger partial charge in [-0.3, -0.25) is 9.59 Å². The number of carbonyl (C=O) groups is 2. The number of nitrogens with one attached hydrogen (secondary N) is 1. The minimum atomic E-state index is -0.373. The van der Waals surface area contributed by atoms with Gasteiger partial charge in [-0.05, 0) is 26.7 Å². The van der Waals surface area contributed by atoms with Gasteiger partial charge in [0.2, 0.25) is 0 Å². The lowest BCUT2D eigenvalue weighted by Gasteiger charge is -2.19. The Kier molecular flexibility index (Phi) is 5.46. The summed E-state index contributed by atoms with van der Waals surface area (Å²) in [5.74, 6) is -0.284. The van der Waals surface area contributed by atoms with Gasteiger partial charge in [0.25, 0.3) is 0 Å². The van der Waals surface area contributed by atoms with Crippen LogP contribution in [0.15, 0.2) is 0 Å². The van der Waals surface area contributed by atoms with Crippen LogP contribution in [0.4, 0.5) is 0 Å². The van der Waals surface area contributed by atoms with Crippen LogP contribution >= 0.6 is 0 Å². The van der Waals surface area contributed by atoms with Gasteiger partial charge in [-0.2, -0.15) is 0 Å². The van der Waals surface area contributed by atoms with E-state index < -0.39 is 0 Å². The Balaban J connectivity index is 2.40. The van der Waals surface area contributed by atoms with Crippen molar-refractivity contribution in [2.24, 2.45) is 0 Å². The lowest BCUT2D eigenvalue weighted by molar-refractivity contribution is -0.145. The van der Waals surface area contributed by atoms with Crippen LogP contribution in [0.25, 0.3) is 0 Å². The summed E-state index contributed by atoms with van der Waals surface area (Å²) in [5, 5.41) is 3.25. The summed E-state index contributed by atoms with van der Waals surface area (Å²) in [6.07, 6.45) is 4.78. The van der Waals surface area contributed by atoms with E-state index in [9.17, 15) is 9.59 Å².